The summed E-state index contributed by atoms with van der Waals surface area (Å²) in [7, 11) is 3.01. The van der Waals surface area contributed by atoms with Crippen LogP contribution in [0.3, 0.4) is 0 Å². The average molecular weight is 216 g/mol. The SMILES string of the molecule is COC(=O)N(C)C1CCN(C(=O)O)CC1. The van der Waals surface area contributed by atoms with Crippen LogP contribution < -0.4 is 0 Å². The highest BCUT2D eigenvalue weighted by atomic mass is 16.5. The van der Waals surface area contributed by atoms with Gasteiger partial charge in [0.1, 0.15) is 0 Å². The molecule has 6 heteroatoms. The predicted molar refractivity (Wildman–Crippen MR) is 52.8 cm³/mol. The lowest BCUT2D eigenvalue weighted by Gasteiger charge is -2.34. The van der Waals surface area contributed by atoms with E-state index >= 15 is 0 Å². The van der Waals surface area contributed by atoms with Gasteiger partial charge >= 0.3 is 12.2 Å². The third-order valence-corrected chi connectivity index (χ3v) is 2.75. The van der Waals surface area contributed by atoms with Crippen LogP contribution in [0, 0.1) is 0 Å². The number of amides is 2. The van der Waals surface area contributed by atoms with E-state index in [4.69, 9.17) is 5.11 Å². The van der Waals surface area contributed by atoms with Crippen molar-refractivity contribution in [1.82, 2.24) is 9.80 Å². The highest BCUT2D eigenvalue weighted by Crippen LogP contribution is 2.15. The molecule has 1 saturated heterocycles. The van der Waals surface area contributed by atoms with Crippen LogP contribution in [0.5, 0.6) is 0 Å². The summed E-state index contributed by atoms with van der Waals surface area (Å²) < 4.78 is 4.60. The number of hydrogen-bond donors (Lipinski definition) is 1. The van der Waals surface area contributed by atoms with Gasteiger partial charge in [-0.15, -0.1) is 0 Å². The van der Waals surface area contributed by atoms with Gasteiger partial charge in [0.2, 0.25) is 0 Å². The molecule has 1 N–H and O–H groups in total. The molecule has 0 atom stereocenters. The second kappa shape index (κ2) is 4.86. The average Bonchev–Trinajstić information content (AvgIpc) is 2.27. The van der Waals surface area contributed by atoms with Crippen LogP contribution in [0.25, 0.3) is 0 Å². The Labute approximate surface area is 88.4 Å². The van der Waals surface area contributed by atoms with E-state index in [1.807, 2.05) is 0 Å². The fourth-order valence-electron chi connectivity index (χ4n) is 1.74. The fraction of sp³-hybridized carbons (Fsp3) is 0.778. The Morgan fingerprint density at radius 2 is 1.93 bits per heavy atom. The van der Waals surface area contributed by atoms with E-state index in [1.165, 1.54) is 16.9 Å². The lowest BCUT2D eigenvalue weighted by Crippen LogP contribution is -2.46. The third-order valence-electron chi connectivity index (χ3n) is 2.75. The molecule has 0 aromatic carbocycles. The first kappa shape index (κ1) is 11.6. The van der Waals surface area contributed by atoms with Gasteiger partial charge in [0, 0.05) is 26.2 Å². The first-order valence-corrected chi connectivity index (χ1v) is 4.85. The lowest BCUT2D eigenvalue weighted by atomic mass is 10.0. The number of likely N-dealkylation sites (tertiary alicyclic amines) is 1. The molecule has 0 aromatic heterocycles. The van der Waals surface area contributed by atoms with Gasteiger partial charge < -0.3 is 19.6 Å². The fourth-order valence-corrected chi connectivity index (χ4v) is 1.74. The summed E-state index contributed by atoms with van der Waals surface area (Å²) in [4.78, 5) is 24.7. The first-order valence-electron chi connectivity index (χ1n) is 4.85. The Morgan fingerprint density at radius 3 is 2.33 bits per heavy atom. The third kappa shape index (κ3) is 2.74. The summed E-state index contributed by atoms with van der Waals surface area (Å²) in [5, 5.41) is 8.74. The van der Waals surface area contributed by atoms with Crippen LogP contribution in [0.4, 0.5) is 9.59 Å². The number of carbonyl (C=O) groups is 2. The molecule has 0 unspecified atom stereocenters. The largest absolute Gasteiger partial charge is 0.465 e. The molecule has 2 amide bonds. The maximum absolute atomic E-state index is 11.2. The van der Waals surface area contributed by atoms with Crippen molar-refractivity contribution in [1.29, 1.82) is 0 Å². The van der Waals surface area contributed by atoms with E-state index in [0.29, 0.717) is 25.9 Å². The quantitative estimate of drug-likeness (QED) is 0.704. The minimum atomic E-state index is -0.894. The molecule has 15 heavy (non-hydrogen) atoms. The maximum Gasteiger partial charge on any atom is 0.409 e. The van der Waals surface area contributed by atoms with Crippen molar-refractivity contribution in [3.63, 3.8) is 0 Å². The molecule has 1 rings (SSSR count). The number of piperidine rings is 1. The predicted octanol–water partition coefficient (Wildman–Crippen LogP) is 0.827. The molecule has 1 heterocycles. The summed E-state index contributed by atoms with van der Waals surface area (Å²) in [6.07, 6.45) is 0.0634. The lowest BCUT2D eigenvalue weighted by molar-refractivity contribution is 0.0870. The Hall–Kier alpha value is -1.46. The molecule has 1 fully saturated rings. The Kier molecular flexibility index (Phi) is 3.76. The Balaban J connectivity index is 2.43. The van der Waals surface area contributed by atoms with Crippen molar-refractivity contribution < 1.29 is 19.4 Å². The molecule has 1 aliphatic rings. The number of nitrogens with zero attached hydrogens (tertiary/aromatic N) is 2. The normalized spacial score (nSPS) is 17.3. The summed E-state index contributed by atoms with van der Waals surface area (Å²) in [5.41, 5.74) is 0. The number of hydrogen-bond acceptors (Lipinski definition) is 3. The van der Waals surface area contributed by atoms with E-state index in [-0.39, 0.29) is 12.1 Å². The molecule has 0 bridgehead atoms. The van der Waals surface area contributed by atoms with Crippen molar-refractivity contribution in [2.45, 2.75) is 18.9 Å². The highest BCUT2D eigenvalue weighted by Gasteiger charge is 2.27. The molecular weight excluding hydrogens is 200 g/mol. The van der Waals surface area contributed by atoms with Crippen LogP contribution in [0.1, 0.15) is 12.8 Å². The van der Waals surface area contributed by atoms with E-state index in [9.17, 15) is 9.59 Å². The van der Waals surface area contributed by atoms with Gasteiger partial charge in [-0.2, -0.15) is 0 Å². The van der Waals surface area contributed by atoms with Gasteiger partial charge in [-0.1, -0.05) is 0 Å². The molecule has 0 spiro atoms. The van der Waals surface area contributed by atoms with Crippen LogP contribution in [-0.2, 0) is 4.74 Å². The van der Waals surface area contributed by atoms with E-state index in [0.717, 1.165) is 0 Å². The molecule has 1 aliphatic heterocycles. The van der Waals surface area contributed by atoms with Gasteiger partial charge in [0.15, 0.2) is 0 Å². The minimum Gasteiger partial charge on any atom is -0.465 e. The Bertz CT molecular complexity index is 248. The molecular formula is C9H16N2O4. The molecule has 0 aliphatic carbocycles. The topological polar surface area (TPSA) is 70.1 Å². The smallest absolute Gasteiger partial charge is 0.409 e. The van der Waals surface area contributed by atoms with Crippen molar-refractivity contribution in [3.05, 3.63) is 0 Å². The van der Waals surface area contributed by atoms with E-state index < -0.39 is 6.09 Å². The van der Waals surface area contributed by atoms with Crippen LogP contribution in [0.2, 0.25) is 0 Å². The van der Waals surface area contributed by atoms with Crippen LogP contribution in [0.15, 0.2) is 0 Å². The van der Waals surface area contributed by atoms with Crippen LogP contribution in [-0.4, -0.2) is 60.4 Å². The summed E-state index contributed by atoms with van der Waals surface area (Å²) in [6.45, 7) is 0.947. The standard InChI is InChI=1S/C9H16N2O4/c1-10(9(14)15-2)7-3-5-11(6-4-7)8(12)13/h7H,3-6H2,1-2H3,(H,12,13). The molecule has 0 radical (unpaired) electrons. The monoisotopic (exact) mass is 216 g/mol. The maximum atomic E-state index is 11.2. The zero-order chi connectivity index (χ0) is 11.4. The van der Waals surface area contributed by atoms with Gasteiger partial charge in [-0.05, 0) is 12.8 Å². The molecule has 6 nitrogen and oxygen atoms in total. The van der Waals surface area contributed by atoms with Gasteiger partial charge in [-0.3, -0.25) is 0 Å². The van der Waals surface area contributed by atoms with Gasteiger partial charge in [0.25, 0.3) is 0 Å². The summed E-state index contributed by atoms with van der Waals surface area (Å²) in [5.74, 6) is 0. The molecule has 0 saturated carbocycles. The first-order chi connectivity index (χ1) is 7.06. The van der Waals surface area contributed by atoms with Crippen molar-refractivity contribution in [3.8, 4) is 0 Å². The van der Waals surface area contributed by atoms with Crippen molar-refractivity contribution in [2.24, 2.45) is 0 Å². The zero-order valence-corrected chi connectivity index (χ0v) is 8.97. The number of rotatable bonds is 1. The van der Waals surface area contributed by atoms with E-state index in [1.54, 1.807) is 7.05 Å². The van der Waals surface area contributed by atoms with E-state index in [2.05, 4.69) is 4.74 Å². The summed E-state index contributed by atoms with van der Waals surface area (Å²) in [6, 6.07) is 0.0769. The Morgan fingerprint density at radius 1 is 1.40 bits per heavy atom. The number of ether oxygens (including phenoxy) is 1. The van der Waals surface area contributed by atoms with Crippen molar-refractivity contribution >= 4 is 12.2 Å². The molecule has 86 valence electrons. The highest BCUT2D eigenvalue weighted by molar-refractivity contribution is 5.67. The molecule has 0 aromatic rings. The van der Waals surface area contributed by atoms with Gasteiger partial charge in [-0.25, -0.2) is 9.59 Å². The second-order valence-electron chi connectivity index (χ2n) is 3.58. The zero-order valence-electron chi connectivity index (χ0n) is 8.97. The second-order valence-corrected chi connectivity index (χ2v) is 3.58. The van der Waals surface area contributed by atoms with Crippen LogP contribution >= 0.6 is 0 Å². The van der Waals surface area contributed by atoms with Crippen molar-refractivity contribution in [2.75, 3.05) is 27.2 Å². The van der Waals surface area contributed by atoms with Gasteiger partial charge in [0.05, 0.1) is 7.11 Å². The minimum absolute atomic E-state index is 0.0769. The summed E-state index contributed by atoms with van der Waals surface area (Å²) >= 11 is 0. The number of methoxy groups -OCH3 is 1. The number of carboxylic acid groups (broad SMARTS) is 1. The number of carbonyl (C=O) groups excluding carboxylic acids is 1.